The summed E-state index contributed by atoms with van der Waals surface area (Å²) < 4.78 is 17.6. The molecule has 4 rings (SSSR count). The fourth-order valence-electron chi connectivity index (χ4n) is 3.90. The van der Waals surface area contributed by atoms with Crippen molar-refractivity contribution in [2.75, 3.05) is 19.8 Å². The molecule has 0 aliphatic carbocycles. The molecular formula is C28H31NO5. The number of carbonyl (C=O) groups is 1. The smallest absolute Gasteiger partial charge is 0.307 e. The van der Waals surface area contributed by atoms with Gasteiger partial charge in [-0.3, -0.25) is 4.79 Å². The van der Waals surface area contributed by atoms with Crippen molar-refractivity contribution in [1.82, 2.24) is 0 Å². The molecule has 1 saturated heterocycles. The van der Waals surface area contributed by atoms with E-state index in [4.69, 9.17) is 19.9 Å². The van der Waals surface area contributed by atoms with E-state index in [0.717, 1.165) is 28.0 Å². The van der Waals surface area contributed by atoms with Crippen LogP contribution in [0.25, 0.3) is 11.1 Å². The molecule has 0 spiro atoms. The molecule has 0 saturated carbocycles. The third-order valence-corrected chi connectivity index (χ3v) is 5.91. The summed E-state index contributed by atoms with van der Waals surface area (Å²) in [6, 6.07) is 21.4. The number of hydrogen-bond donors (Lipinski definition) is 2. The lowest BCUT2D eigenvalue weighted by Crippen LogP contribution is -2.44. The standard InChI is InChI=1S/C28H31NO5/c1-19(29)21-7-5-8-22(12-21)24-10-20(11-25(13-24)34-18-28(2)16-32-17-28)15-33-26-9-4-3-6-23(26)14-27(30)31/h3-13,19H,14-18,29H2,1-2H3,(H,30,31)/t19-/m1/s1. The first-order valence-corrected chi connectivity index (χ1v) is 11.4. The molecule has 1 aliphatic heterocycles. The van der Waals surface area contributed by atoms with Crippen LogP contribution in [0.2, 0.25) is 0 Å². The van der Waals surface area contributed by atoms with E-state index in [1.54, 1.807) is 12.1 Å². The van der Waals surface area contributed by atoms with Crippen LogP contribution < -0.4 is 15.2 Å². The van der Waals surface area contributed by atoms with Gasteiger partial charge >= 0.3 is 5.97 Å². The second-order valence-corrected chi connectivity index (χ2v) is 9.34. The highest BCUT2D eigenvalue weighted by molar-refractivity contribution is 5.71. The van der Waals surface area contributed by atoms with Gasteiger partial charge in [-0.1, -0.05) is 43.3 Å². The van der Waals surface area contributed by atoms with Gasteiger partial charge in [-0.25, -0.2) is 0 Å². The Kier molecular flexibility index (Phi) is 7.20. The van der Waals surface area contributed by atoms with Crippen molar-refractivity contribution in [1.29, 1.82) is 0 Å². The molecule has 3 N–H and O–H groups in total. The van der Waals surface area contributed by atoms with Gasteiger partial charge in [0.1, 0.15) is 18.1 Å². The van der Waals surface area contributed by atoms with E-state index in [9.17, 15) is 9.90 Å². The van der Waals surface area contributed by atoms with Crippen molar-refractivity contribution >= 4 is 5.97 Å². The van der Waals surface area contributed by atoms with Crippen molar-refractivity contribution in [2.45, 2.75) is 32.9 Å². The number of benzene rings is 3. The van der Waals surface area contributed by atoms with Crippen LogP contribution in [-0.4, -0.2) is 30.9 Å². The van der Waals surface area contributed by atoms with Crippen LogP contribution in [-0.2, 0) is 22.6 Å². The zero-order valence-corrected chi connectivity index (χ0v) is 19.6. The van der Waals surface area contributed by atoms with Crippen LogP contribution in [0.3, 0.4) is 0 Å². The van der Waals surface area contributed by atoms with Gasteiger partial charge in [0, 0.05) is 17.0 Å². The first kappa shape index (κ1) is 23.8. The molecule has 1 atom stereocenters. The molecule has 1 fully saturated rings. The number of aliphatic carboxylic acids is 1. The fourth-order valence-corrected chi connectivity index (χ4v) is 3.90. The third-order valence-electron chi connectivity index (χ3n) is 5.91. The van der Waals surface area contributed by atoms with Gasteiger partial charge in [-0.05, 0) is 59.5 Å². The minimum Gasteiger partial charge on any atom is -0.493 e. The molecule has 34 heavy (non-hydrogen) atoms. The van der Waals surface area contributed by atoms with Crippen molar-refractivity contribution in [3.8, 4) is 22.6 Å². The number of rotatable bonds is 10. The minimum absolute atomic E-state index is 0.0251. The molecule has 0 bridgehead atoms. The first-order chi connectivity index (χ1) is 16.3. The zero-order valence-electron chi connectivity index (χ0n) is 19.6. The van der Waals surface area contributed by atoms with Crippen LogP contribution in [0.4, 0.5) is 0 Å². The molecular weight excluding hydrogens is 430 g/mol. The van der Waals surface area contributed by atoms with Gasteiger partial charge in [0.05, 0.1) is 26.2 Å². The fraction of sp³-hybridized carbons (Fsp3) is 0.321. The van der Waals surface area contributed by atoms with Gasteiger partial charge in [-0.15, -0.1) is 0 Å². The van der Waals surface area contributed by atoms with Crippen molar-refractivity contribution < 1.29 is 24.1 Å². The molecule has 0 radical (unpaired) electrons. The molecule has 0 unspecified atom stereocenters. The maximum absolute atomic E-state index is 11.2. The first-order valence-electron chi connectivity index (χ1n) is 11.4. The maximum Gasteiger partial charge on any atom is 0.307 e. The Balaban J connectivity index is 1.61. The Morgan fingerprint density at radius 2 is 1.85 bits per heavy atom. The van der Waals surface area contributed by atoms with E-state index in [1.165, 1.54) is 0 Å². The summed E-state index contributed by atoms with van der Waals surface area (Å²) in [6.07, 6.45) is -0.0880. The van der Waals surface area contributed by atoms with Crippen LogP contribution in [0.1, 0.15) is 36.6 Å². The highest BCUT2D eigenvalue weighted by Crippen LogP contribution is 2.32. The summed E-state index contributed by atoms with van der Waals surface area (Å²) in [5.41, 5.74) is 10.8. The number of nitrogens with two attached hydrogens (primary N) is 1. The average Bonchev–Trinajstić information content (AvgIpc) is 2.80. The third kappa shape index (κ3) is 5.95. The van der Waals surface area contributed by atoms with E-state index in [-0.39, 0.29) is 24.5 Å². The van der Waals surface area contributed by atoms with Crippen LogP contribution in [0.5, 0.6) is 11.5 Å². The number of carboxylic acids is 1. The lowest BCUT2D eigenvalue weighted by molar-refractivity contribution is -0.136. The summed E-state index contributed by atoms with van der Waals surface area (Å²) >= 11 is 0. The van der Waals surface area contributed by atoms with E-state index >= 15 is 0 Å². The Bertz CT molecular complexity index is 1150. The Morgan fingerprint density at radius 3 is 2.56 bits per heavy atom. The molecule has 6 nitrogen and oxygen atoms in total. The Morgan fingerprint density at radius 1 is 1.06 bits per heavy atom. The van der Waals surface area contributed by atoms with E-state index < -0.39 is 5.97 Å². The SMILES string of the molecule is C[C@@H](N)c1cccc(-c2cc(COc3ccccc3CC(=O)O)cc(OCC3(C)COC3)c2)c1. The van der Waals surface area contributed by atoms with Gasteiger partial charge in [0.15, 0.2) is 0 Å². The summed E-state index contributed by atoms with van der Waals surface area (Å²) in [4.78, 5) is 11.2. The van der Waals surface area contributed by atoms with Gasteiger partial charge < -0.3 is 25.1 Å². The topological polar surface area (TPSA) is 91.0 Å². The highest BCUT2D eigenvalue weighted by atomic mass is 16.5. The van der Waals surface area contributed by atoms with Gasteiger partial charge in [-0.2, -0.15) is 0 Å². The van der Waals surface area contributed by atoms with Crippen LogP contribution in [0, 0.1) is 5.41 Å². The number of para-hydroxylation sites is 1. The summed E-state index contributed by atoms with van der Waals surface area (Å²) in [5.74, 6) is 0.432. The van der Waals surface area contributed by atoms with Crippen LogP contribution >= 0.6 is 0 Å². The predicted molar refractivity (Wildman–Crippen MR) is 131 cm³/mol. The minimum atomic E-state index is -0.892. The van der Waals surface area contributed by atoms with Crippen molar-refractivity contribution in [2.24, 2.45) is 11.1 Å². The van der Waals surface area contributed by atoms with E-state index in [1.807, 2.05) is 43.3 Å². The van der Waals surface area contributed by atoms with Gasteiger partial charge in [0.2, 0.25) is 0 Å². The second kappa shape index (κ2) is 10.3. The normalized spacial score (nSPS) is 15.3. The summed E-state index contributed by atoms with van der Waals surface area (Å²) in [6.45, 7) is 6.36. The summed E-state index contributed by atoms with van der Waals surface area (Å²) in [7, 11) is 0. The average molecular weight is 462 g/mol. The Labute approximate surface area is 200 Å². The maximum atomic E-state index is 11.2. The summed E-state index contributed by atoms with van der Waals surface area (Å²) in [5, 5.41) is 9.20. The molecule has 0 aromatic heterocycles. The molecule has 1 aliphatic rings. The quantitative estimate of drug-likeness (QED) is 0.442. The molecule has 3 aromatic rings. The molecule has 6 heteroatoms. The lowest BCUT2D eigenvalue weighted by atomic mass is 9.90. The zero-order chi connectivity index (χ0) is 24.1. The monoisotopic (exact) mass is 461 g/mol. The predicted octanol–water partition coefficient (Wildman–Crippen LogP) is 4.99. The number of ether oxygens (including phenoxy) is 3. The second-order valence-electron chi connectivity index (χ2n) is 9.34. The van der Waals surface area contributed by atoms with Gasteiger partial charge in [0.25, 0.3) is 0 Å². The largest absolute Gasteiger partial charge is 0.493 e. The van der Waals surface area contributed by atoms with Crippen molar-refractivity contribution in [3.05, 3.63) is 83.4 Å². The molecule has 178 valence electrons. The molecule has 0 amide bonds. The van der Waals surface area contributed by atoms with E-state index in [0.29, 0.717) is 31.1 Å². The van der Waals surface area contributed by atoms with Crippen LogP contribution in [0.15, 0.2) is 66.7 Å². The lowest BCUT2D eigenvalue weighted by Gasteiger charge is -2.37. The molecule has 3 aromatic carbocycles. The number of carboxylic acid groups (broad SMARTS) is 1. The number of hydrogen-bond acceptors (Lipinski definition) is 5. The molecule has 1 heterocycles. The van der Waals surface area contributed by atoms with Crippen molar-refractivity contribution in [3.63, 3.8) is 0 Å². The van der Waals surface area contributed by atoms with E-state index in [2.05, 4.69) is 25.1 Å². The Hall–Kier alpha value is -3.35. The highest BCUT2D eigenvalue weighted by Gasteiger charge is 2.34.